The Balaban J connectivity index is 1.58. The molecule has 37 heavy (non-hydrogen) atoms. The molecule has 3 aromatic carbocycles. The number of aliphatic hydroxyl groups excluding tert-OH is 1. The molecular formula is C30H34INO4Si. The van der Waals surface area contributed by atoms with Crippen LogP contribution in [0.25, 0.3) is 0 Å². The number of amides is 1. The Kier molecular flexibility index (Phi) is 7.26. The van der Waals surface area contributed by atoms with E-state index in [9.17, 15) is 9.90 Å². The van der Waals surface area contributed by atoms with Crippen molar-refractivity contribution in [1.29, 1.82) is 0 Å². The summed E-state index contributed by atoms with van der Waals surface area (Å²) < 4.78 is 13.5. The molecule has 1 amide bonds. The quantitative estimate of drug-likeness (QED) is 0.280. The zero-order valence-corrected chi connectivity index (χ0v) is 24.9. The number of para-hydroxylation sites is 1. The lowest BCUT2D eigenvalue weighted by molar-refractivity contribution is -0.146. The molecule has 5 rings (SSSR count). The van der Waals surface area contributed by atoms with Gasteiger partial charge in [-0.2, -0.15) is 0 Å². The third kappa shape index (κ3) is 4.33. The molecule has 0 unspecified atom stereocenters. The number of ether oxygens (including phenoxy) is 2. The van der Waals surface area contributed by atoms with Gasteiger partial charge in [0.25, 0.3) is 5.91 Å². The summed E-state index contributed by atoms with van der Waals surface area (Å²) >= 11 is 2.31. The van der Waals surface area contributed by atoms with E-state index in [4.69, 9.17) is 9.47 Å². The van der Waals surface area contributed by atoms with Gasteiger partial charge in [0.2, 0.25) is 0 Å². The fourth-order valence-corrected chi connectivity index (χ4v) is 11.3. The first-order chi connectivity index (χ1) is 17.7. The number of aliphatic hydroxyl groups is 1. The van der Waals surface area contributed by atoms with Crippen LogP contribution < -0.4 is 14.8 Å². The van der Waals surface area contributed by atoms with Gasteiger partial charge in [-0.25, -0.2) is 0 Å². The Labute approximate surface area is 233 Å². The molecule has 1 N–H and O–H groups in total. The summed E-state index contributed by atoms with van der Waals surface area (Å²) in [5, 5.41) is 11.3. The monoisotopic (exact) mass is 627 g/mol. The number of anilines is 1. The van der Waals surface area contributed by atoms with Crippen molar-refractivity contribution < 1.29 is 19.4 Å². The predicted octanol–water partition coefficient (Wildman–Crippen LogP) is 5.45. The smallest absolute Gasteiger partial charge is 0.264 e. The fraction of sp³-hybridized carbons (Fsp3) is 0.367. The highest BCUT2D eigenvalue weighted by Crippen LogP contribution is 2.60. The summed E-state index contributed by atoms with van der Waals surface area (Å²) in [5.41, 5.74) is 2.05. The van der Waals surface area contributed by atoms with Gasteiger partial charge in [-0.3, -0.25) is 4.79 Å². The molecule has 2 aliphatic rings. The molecule has 2 aliphatic heterocycles. The topological polar surface area (TPSA) is 59.0 Å². The maximum atomic E-state index is 14.5. The molecule has 0 radical (unpaired) electrons. The minimum absolute atomic E-state index is 0.00466. The minimum Gasteiger partial charge on any atom is -0.497 e. The van der Waals surface area contributed by atoms with Crippen LogP contribution in [-0.4, -0.2) is 38.9 Å². The normalized spacial score (nSPS) is 25.1. The number of carbonyl (C=O) groups is 1. The summed E-state index contributed by atoms with van der Waals surface area (Å²) in [6.45, 7) is 7.43. The van der Waals surface area contributed by atoms with Gasteiger partial charge in [0.05, 0.1) is 33.5 Å². The van der Waals surface area contributed by atoms with Crippen LogP contribution in [0.1, 0.15) is 24.5 Å². The van der Waals surface area contributed by atoms with Gasteiger partial charge in [-0.15, -0.1) is 0 Å². The number of methoxy groups -OCH3 is 1. The van der Waals surface area contributed by atoms with Gasteiger partial charge in [0, 0.05) is 21.7 Å². The summed E-state index contributed by atoms with van der Waals surface area (Å²) in [5.74, 6) is 0.783. The molecule has 4 atom stereocenters. The minimum atomic E-state index is -2.16. The van der Waals surface area contributed by atoms with Crippen LogP contribution in [0.15, 0.2) is 72.8 Å². The average molecular weight is 628 g/mol. The number of fused-ring (bicyclic) bond motifs is 2. The van der Waals surface area contributed by atoms with E-state index >= 15 is 0 Å². The zero-order valence-electron chi connectivity index (χ0n) is 21.8. The van der Waals surface area contributed by atoms with Crippen molar-refractivity contribution in [2.75, 3.05) is 18.6 Å². The molecule has 0 aromatic heterocycles. The van der Waals surface area contributed by atoms with Crippen LogP contribution in [0.2, 0.25) is 18.6 Å². The summed E-state index contributed by atoms with van der Waals surface area (Å²) in [6, 6.07) is 24.7. The Bertz CT molecular complexity index is 1300. The van der Waals surface area contributed by atoms with Gasteiger partial charge in [0.1, 0.15) is 5.75 Å². The maximum Gasteiger partial charge on any atom is 0.264 e. The predicted molar refractivity (Wildman–Crippen MR) is 158 cm³/mol. The standard InChI is InChI=1S/C30H34INO4Si/c1-20-28(37(3,4)24-14-12-23(35-2)13-15-24)27(16-17-33)36-30(20)25-10-5-6-11-26(25)32(29(30)34)19-21-8-7-9-22(31)18-21/h5-15,18,20,27-28,33H,16-17,19H2,1-4H3/t20-,27+,28-,30+/m0/s1. The SMILES string of the molecule is COc1ccc([Si](C)(C)[C@@H]2[C@@H](CCO)O[C@]3(C(=O)N(Cc4cccc(I)c4)c4ccccc43)[C@H]2C)cc1. The van der Waals surface area contributed by atoms with Crippen LogP contribution >= 0.6 is 22.6 Å². The molecule has 194 valence electrons. The number of hydrogen-bond acceptors (Lipinski definition) is 4. The molecule has 1 spiro atoms. The van der Waals surface area contributed by atoms with Crippen molar-refractivity contribution in [3.8, 4) is 5.75 Å². The van der Waals surface area contributed by atoms with E-state index in [0.717, 1.165) is 26.1 Å². The van der Waals surface area contributed by atoms with Gasteiger partial charge in [-0.1, -0.05) is 67.7 Å². The Morgan fingerprint density at radius 1 is 1.08 bits per heavy atom. The van der Waals surface area contributed by atoms with Crippen molar-refractivity contribution >= 4 is 47.4 Å². The van der Waals surface area contributed by atoms with Crippen molar-refractivity contribution in [3.63, 3.8) is 0 Å². The van der Waals surface area contributed by atoms with E-state index in [-0.39, 0.29) is 30.1 Å². The highest BCUT2D eigenvalue weighted by molar-refractivity contribution is 14.1. The summed E-state index contributed by atoms with van der Waals surface area (Å²) in [6.07, 6.45) is 0.300. The number of halogens is 1. The number of nitrogens with zero attached hydrogens (tertiary/aromatic N) is 1. The molecule has 0 bridgehead atoms. The lowest BCUT2D eigenvalue weighted by Crippen LogP contribution is -2.51. The van der Waals surface area contributed by atoms with E-state index in [1.54, 1.807) is 7.11 Å². The lowest BCUT2D eigenvalue weighted by Gasteiger charge is -2.37. The molecule has 1 fully saturated rings. The molecule has 5 nitrogen and oxygen atoms in total. The van der Waals surface area contributed by atoms with Gasteiger partial charge in [-0.05, 0) is 70.4 Å². The van der Waals surface area contributed by atoms with Gasteiger partial charge < -0.3 is 19.5 Å². The van der Waals surface area contributed by atoms with E-state index in [1.165, 1.54) is 5.19 Å². The Morgan fingerprint density at radius 3 is 2.49 bits per heavy atom. The van der Waals surface area contributed by atoms with Gasteiger partial charge in [0.15, 0.2) is 5.60 Å². The second-order valence-corrected chi connectivity index (χ2v) is 16.6. The van der Waals surface area contributed by atoms with E-state index in [2.05, 4.69) is 79.0 Å². The van der Waals surface area contributed by atoms with Crippen LogP contribution in [0.4, 0.5) is 5.69 Å². The van der Waals surface area contributed by atoms with Crippen LogP contribution in [0.5, 0.6) is 5.75 Å². The molecule has 2 heterocycles. The van der Waals surface area contributed by atoms with E-state index < -0.39 is 13.7 Å². The molecule has 1 saturated heterocycles. The molecule has 3 aromatic rings. The number of carbonyl (C=O) groups excluding carboxylic acids is 1. The Hall–Kier alpha value is -2.20. The van der Waals surface area contributed by atoms with E-state index in [0.29, 0.717) is 13.0 Å². The molecule has 0 saturated carbocycles. The Morgan fingerprint density at radius 2 is 1.81 bits per heavy atom. The third-order valence-electron chi connectivity index (χ3n) is 8.39. The zero-order chi connectivity index (χ0) is 26.4. The third-order valence-corrected chi connectivity index (χ3v) is 13.4. The average Bonchev–Trinajstić information content (AvgIpc) is 3.32. The highest BCUT2D eigenvalue weighted by atomic mass is 127. The van der Waals surface area contributed by atoms with Crippen molar-refractivity contribution in [2.45, 2.75) is 50.2 Å². The first kappa shape index (κ1) is 26.4. The second-order valence-electron chi connectivity index (χ2n) is 10.7. The lowest BCUT2D eigenvalue weighted by atomic mass is 9.82. The van der Waals surface area contributed by atoms with Crippen molar-refractivity contribution in [2.24, 2.45) is 5.92 Å². The fourth-order valence-electron chi connectivity index (χ4n) is 6.64. The van der Waals surface area contributed by atoms with Crippen molar-refractivity contribution in [1.82, 2.24) is 0 Å². The van der Waals surface area contributed by atoms with Crippen LogP contribution in [0, 0.1) is 9.49 Å². The summed E-state index contributed by atoms with van der Waals surface area (Å²) in [7, 11) is -0.480. The number of benzene rings is 3. The van der Waals surface area contributed by atoms with Crippen LogP contribution in [0.3, 0.4) is 0 Å². The largest absolute Gasteiger partial charge is 0.497 e. The first-order valence-electron chi connectivity index (χ1n) is 12.8. The number of rotatable bonds is 7. The van der Waals surface area contributed by atoms with Gasteiger partial charge >= 0.3 is 0 Å². The molecular weight excluding hydrogens is 593 g/mol. The summed E-state index contributed by atoms with van der Waals surface area (Å²) in [4.78, 5) is 16.4. The highest BCUT2D eigenvalue weighted by Gasteiger charge is 2.66. The second kappa shape index (κ2) is 10.2. The maximum absolute atomic E-state index is 14.5. The van der Waals surface area contributed by atoms with Crippen LogP contribution in [-0.2, 0) is 21.7 Å². The number of hydrogen-bond donors (Lipinski definition) is 1. The van der Waals surface area contributed by atoms with E-state index in [1.807, 2.05) is 41.3 Å². The first-order valence-corrected chi connectivity index (χ1v) is 17.0. The molecule has 7 heteroatoms. The van der Waals surface area contributed by atoms with Crippen molar-refractivity contribution in [3.05, 3.63) is 87.5 Å². The molecule has 0 aliphatic carbocycles.